The summed E-state index contributed by atoms with van der Waals surface area (Å²) in [4.78, 5) is 5.90. The van der Waals surface area contributed by atoms with Crippen molar-refractivity contribution in [1.82, 2.24) is 5.06 Å². The Labute approximate surface area is 102 Å². The Morgan fingerprint density at radius 3 is 2.41 bits per heavy atom. The number of hydrogen-bond donors (Lipinski definition) is 0. The molecule has 0 radical (unpaired) electrons. The molecule has 2 heteroatoms. The van der Waals surface area contributed by atoms with Crippen molar-refractivity contribution >= 4 is 10.8 Å². The monoisotopic (exact) mass is 227 g/mol. The van der Waals surface area contributed by atoms with E-state index in [-0.39, 0.29) is 0 Å². The maximum atomic E-state index is 5.90. The van der Waals surface area contributed by atoms with Crippen LogP contribution >= 0.6 is 0 Å². The van der Waals surface area contributed by atoms with Gasteiger partial charge in [-0.3, -0.25) is 0 Å². The van der Waals surface area contributed by atoms with Crippen LogP contribution in [0, 0.1) is 0 Å². The van der Waals surface area contributed by atoms with Crippen molar-refractivity contribution in [3.63, 3.8) is 0 Å². The lowest BCUT2D eigenvalue weighted by Gasteiger charge is -2.26. The zero-order valence-corrected chi connectivity index (χ0v) is 9.93. The van der Waals surface area contributed by atoms with E-state index >= 15 is 0 Å². The van der Waals surface area contributed by atoms with Gasteiger partial charge in [0.15, 0.2) is 0 Å². The summed E-state index contributed by atoms with van der Waals surface area (Å²) in [5.74, 6) is 0.950. The molecule has 0 spiro atoms. The van der Waals surface area contributed by atoms with Crippen molar-refractivity contribution in [2.75, 3.05) is 13.1 Å². The summed E-state index contributed by atoms with van der Waals surface area (Å²) in [5, 5.41) is 4.58. The molecule has 2 nitrogen and oxygen atoms in total. The minimum Gasteiger partial charge on any atom is -0.406 e. The molecule has 0 aromatic heterocycles. The summed E-state index contributed by atoms with van der Waals surface area (Å²) in [6.07, 6.45) is 3.82. The van der Waals surface area contributed by atoms with E-state index < -0.39 is 0 Å². The Hall–Kier alpha value is -1.54. The van der Waals surface area contributed by atoms with E-state index in [4.69, 9.17) is 4.84 Å². The third-order valence-electron chi connectivity index (χ3n) is 3.27. The van der Waals surface area contributed by atoms with Crippen LogP contribution in [0.2, 0.25) is 0 Å². The van der Waals surface area contributed by atoms with Gasteiger partial charge in [-0.05, 0) is 35.7 Å². The number of rotatable bonds is 2. The smallest absolute Gasteiger partial charge is 0.148 e. The summed E-state index contributed by atoms with van der Waals surface area (Å²) < 4.78 is 0. The van der Waals surface area contributed by atoms with Crippen LogP contribution in [0.25, 0.3) is 10.8 Å². The number of hydroxylamine groups is 2. The van der Waals surface area contributed by atoms with Crippen molar-refractivity contribution < 1.29 is 4.84 Å². The van der Waals surface area contributed by atoms with Gasteiger partial charge in [-0.1, -0.05) is 36.8 Å². The first-order valence-corrected chi connectivity index (χ1v) is 6.33. The lowest BCUT2D eigenvalue weighted by molar-refractivity contribution is -0.0718. The normalized spacial score (nSPS) is 17.2. The zero-order valence-electron chi connectivity index (χ0n) is 9.93. The van der Waals surface area contributed by atoms with Crippen molar-refractivity contribution in [1.29, 1.82) is 0 Å². The van der Waals surface area contributed by atoms with Crippen LogP contribution < -0.4 is 4.84 Å². The molecule has 2 aromatic carbocycles. The fourth-order valence-electron chi connectivity index (χ4n) is 2.33. The third kappa shape index (κ3) is 2.42. The first kappa shape index (κ1) is 10.6. The molecular formula is C15H17NO. The van der Waals surface area contributed by atoms with Crippen LogP contribution in [-0.4, -0.2) is 18.2 Å². The van der Waals surface area contributed by atoms with E-state index in [1.807, 2.05) is 0 Å². The highest BCUT2D eigenvalue weighted by Crippen LogP contribution is 2.22. The van der Waals surface area contributed by atoms with Gasteiger partial charge in [-0.15, -0.1) is 5.06 Å². The summed E-state index contributed by atoms with van der Waals surface area (Å²) in [6.45, 7) is 2.10. The number of benzene rings is 2. The zero-order chi connectivity index (χ0) is 11.5. The standard InChI is InChI=1S/C15H17NO/c1-4-10-16(11-5-1)17-15-9-8-13-6-2-3-7-14(13)12-15/h2-3,6-9,12H,1,4-5,10-11H2. The molecule has 3 rings (SSSR count). The summed E-state index contributed by atoms with van der Waals surface area (Å²) in [6, 6.07) is 14.7. The molecule has 0 amide bonds. The van der Waals surface area contributed by atoms with Gasteiger partial charge >= 0.3 is 0 Å². The molecule has 1 aliphatic heterocycles. The van der Waals surface area contributed by atoms with E-state index in [0.29, 0.717) is 0 Å². The fourth-order valence-corrected chi connectivity index (χ4v) is 2.33. The second-order valence-corrected chi connectivity index (χ2v) is 4.59. The topological polar surface area (TPSA) is 12.5 Å². The molecule has 1 saturated heterocycles. The van der Waals surface area contributed by atoms with Crippen molar-refractivity contribution in [3.05, 3.63) is 42.5 Å². The Morgan fingerprint density at radius 2 is 1.59 bits per heavy atom. The van der Waals surface area contributed by atoms with Crippen molar-refractivity contribution in [2.24, 2.45) is 0 Å². The summed E-state index contributed by atoms with van der Waals surface area (Å²) >= 11 is 0. The maximum absolute atomic E-state index is 5.90. The molecule has 0 saturated carbocycles. The Kier molecular flexibility index (Phi) is 2.97. The average molecular weight is 227 g/mol. The lowest BCUT2D eigenvalue weighted by atomic mass is 10.1. The van der Waals surface area contributed by atoms with Gasteiger partial charge in [0.25, 0.3) is 0 Å². The summed E-state index contributed by atoms with van der Waals surface area (Å²) in [5.41, 5.74) is 0. The predicted octanol–water partition coefficient (Wildman–Crippen LogP) is 3.62. The van der Waals surface area contributed by atoms with Crippen LogP contribution in [-0.2, 0) is 0 Å². The fraction of sp³-hybridized carbons (Fsp3) is 0.333. The molecule has 1 aliphatic rings. The van der Waals surface area contributed by atoms with Gasteiger partial charge in [0.1, 0.15) is 5.75 Å². The Balaban J connectivity index is 1.80. The van der Waals surface area contributed by atoms with Crippen molar-refractivity contribution in [3.8, 4) is 5.75 Å². The Bertz CT molecular complexity index is 503. The SMILES string of the molecule is c1ccc2cc(ON3CCCCC3)ccc2c1. The second kappa shape index (κ2) is 4.76. The van der Waals surface area contributed by atoms with E-state index in [9.17, 15) is 0 Å². The molecule has 0 aliphatic carbocycles. The number of piperidine rings is 1. The quantitative estimate of drug-likeness (QED) is 0.777. The molecule has 0 N–H and O–H groups in total. The van der Waals surface area contributed by atoms with Gasteiger partial charge in [0.05, 0.1) is 0 Å². The van der Waals surface area contributed by atoms with Gasteiger partial charge < -0.3 is 4.84 Å². The van der Waals surface area contributed by atoms with Crippen LogP contribution in [0.15, 0.2) is 42.5 Å². The summed E-state index contributed by atoms with van der Waals surface area (Å²) in [7, 11) is 0. The van der Waals surface area contributed by atoms with Gasteiger partial charge in [0, 0.05) is 13.1 Å². The minimum atomic E-state index is 0.950. The molecule has 0 atom stereocenters. The molecule has 1 heterocycles. The predicted molar refractivity (Wildman–Crippen MR) is 70.0 cm³/mol. The van der Waals surface area contributed by atoms with E-state index in [0.717, 1.165) is 18.8 Å². The highest BCUT2D eigenvalue weighted by Gasteiger charge is 2.11. The van der Waals surface area contributed by atoms with Gasteiger partial charge in [-0.2, -0.15) is 0 Å². The van der Waals surface area contributed by atoms with Gasteiger partial charge in [0.2, 0.25) is 0 Å². The molecular weight excluding hydrogens is 210 g/mol. The van der Waals surface area contributed by atoms with Crippen molar-refractivity contribution in [2.45, 2.75) is 19.3 Å². The average Bonchev–Trinajstić information content (AvgIpc) is 2.40. The maximum Gasteiger partial charge on any atom is 0.148 e. The van der Waals surface area contributed by atoms with E-state index in [1.165, 1.54) is 30.0 Å². The highest BCUT2D eigenvalue weighted by atomic mass is 16.7. The molecule has 0 bridgehead atoms. The van der Waals surface area contributed by atoms with Crippen LogP contribution in [0.1, 0.15) is 19.3 Å². The molecule has 2 aromatic rings. The number of hydrogen-bond acceptors (Lipinski definition) is 2. The first-order valence-electron chi connectivity index (χ1n) is 6.33. The molecule has 1 fully saturated rings. The third-order valence-corrected chi connectivity index (χ3v) is 3.27. The second-order valence-electron chi connectivity index (χ2n) is 4.59. The first-order chi connectivity index (χ1) is 8.42. The van der Waals surface area contributed by atoms with Crippen LogP contribution in [0.3, 0.4) is 0 Å². The van der Waals surface area contributed by atoms with Gasteiger partial charge in [-0.25, -0.2) is 0 Å². The minimum absolute atomic E-state index is 0.950. The number of nitrogens with zero attached hydrogens (tertiary/aromatic N) is 1. The van der Waals surface area contributed by atoms with Crippen LogP contribution in [0.5, 0.6) is 5.75 Å². The lowest BCUT2D eigenvalue weighted by Crippen LogP contribution is -2.32. The molecule has 17 heavy (non-hydrogen) atoms. The molecule has 88 valence electrons. The van der Waals surface area contributed by atoms with Crippen LogP contribution in [0.4, 0.5) is 0 Å². The largest absolute Gasteiger partial charge is 0.406 e. The van der Waals surface area contributed by atoms with E-state index in [2.05, 4.69) is 47.5 Å². The van der Waals surface area contributed by atoms with E-state index in [1.54, 1.807) is 0 Å². The highest BCUT2D eigenvalue weighted by molar-refractivity contribution is 5.83. The Morgan fingerprint density at radius 1 is 0.824 bits per heavy atom. The molecule has 0 unspecified atom stereocenters. The number of fused-ring (bicyclic) bond motifs is 1.